The van der Waals surface area contributed by atoms with E-state index in [1.54, 1.807) is 18.2 Å². The number of carbonyl (C=O) groups is 1. The van der Waals surface area contributed by atoms with Gasteiger partial charge < -0.3 is 23.5 Å². The highest BCUT2D eigenvalue weighted by Crippen LogP contribution is 2.49. The molecule has 2 fully saturated rings. The fraction of sp³-hybridized carbons (Fsp3) is 0.394. The lowest BCUT2D eigenvalue weighted by Gasteiger charge is -2.51. The molecule has 0 bridgehead atoms. The molecule has 4 aliphatic rings. The molecule has 4 aliphatic heterocycles. The molecule has 5 heterocycles. The van der Waals surface area contributed by atoms with E-state index in [1.807, 2.05) is 24.3 Å². The minimum Gasteiger partial charge on any atom is -0.485 e. The Morgan fingerprint density at radius 1 is 1.12 bits per heavy atom. The van der Waals surface area contributed by atoms with Crippen LogP contribution >= 0.6 is 11.6 Å². The lowest BCUT2D eigenvalue weighted by atomic mass is 9.79. The van der Waals surface area contributed by atoms with Crippen LogP contribution in [-0.4, -0.2) is 59.4 Å². The number of hydrogen-bond donors (Lipinski definition) is 0. The molecule has 3 aromatic carbocycles. The molecule has 43 heavy (non-hydrogen) atoms. The minimum absolute atomic E-state index is 0.0471. The van der Waals surface area contributed by atoms with Crippen LogP contribution in [0.25, 0.3) is 11.0 Å². The molecule has 1 aromatic heterocycles. The highest BCUT2D eigenvalue weighted by atomic mass is 35.5. The van der Waals surface area contributed by atoms with Crippen LogP contribution < -0.4 is 9.47 Å². The van der Waals surface area contributed by atoms with Crippen LogP contribution in [0.3, 0.4) is 0 Å². The van der Waals surface area contributed by atoms with Crippen LogP contribution in [0.2, 0.25) is 5.02 Å². The molecule has 0 saturated carbocycles. The van der Waals surface area contributed by atoms with Crippen molar-refractivity contribution in [3.8, 4) is 11.5 Å². The number of rotatable bonds is 4. The van der Waals surface area contributed by atoms with Gasteiger partial charge in [0.15, 0.2) is 17.6 Å². The SMILES string of the molecule is COC(=O)c1ccc2nc3n(c2c1)C([C@@H]1CCO1)[C@H]1CC(c2cccc4c2O[C@@H](c2ccc(Cl)cc2F)CO4)CCN1C3. The van der Waals surface area contributed by atoms with Gasteiger partial charge in [-0.25, -0.2) is 14.2 Å². The number of piperidine rings is 1. The molecule has 2 saturated heterocycles. The summed E-state index contributed by atoms with van der Waals surface area (Å²) < 4.78 is 40.9. The van der Waals surface area contributed by atoms with Crippen LogP contribution in [-0.2, 0) is 16.0 Å². The maximum absolute atomic E-state index is 14.8. The fourth-order valence-corrected chi connectivity index (χ4v) is 7.51. The van der Waals surface area contributed by atoms with E-state index in [0.29, 0.717) is 27.6 Å². The molecule has 0 spiro atoms. The van der Waals surface area contributed by atoms with Crippen molar-refractivity contribution in [2.24, 2.45) is 0 Å². The lowest BCUT2D eigenvalue weighted by molar-refractivity contribution is -0.112. The zero-order valence-corrected chi connectivity index (χ0v) is 24.4. The number of methoxy groups -OCH3 is 1. The zero-order valence-electron chi connectivity index (χ0n) is 23.7. The van der Waals surface area contributed by atoms with Gasteiger partial charge in [-0.3, -0.25) is 4.90 Å². The van der Waals surface area contributed by atoms with Gasteiger partial charge in [-0.05, 0) is 68.1 Å². The molecule has 8 rings (SSSR count). The third kappa shape index (κ3) is 4.48. The van der Waals surface area contributed by atoms with E-state index in [0.717, 1.165) is 61.4 Å². The molecule has 0 amide bonds. The van der Waals surface area contributed by atoms with Gasteiger partial charge in [-0.1, -0.05) is 29.8 Å². The number of para-hydroxylation sites is 1. The van der Waals surface area contributed by atoms with Crippen molar-refractivity contribution in [2.45, 2.75) is 56.0 Å². The van der Waals surface area contributed by atoms with Gasteiger partial charge in [0.2, 0.25) is 0 Å². The highest BCUT2D eigenvalue weighted by Gasteiger charge is 2.47. The second-order valence-electron chi connectivity index (χ2n) is 11.8. The third-order valence-corrected chi connectivity index (χ3v) is 9.74. The molecular formula is C33H31ClFN3O5. The first-order valence-corrected chi connectivity index (χ1v) is 15.2. The van der Waals surface area contributed by atoms with Crippen molar-refractivity contribution < 1.29 is 28.1 Å². The maximum atomic E-state index is 14.8. The van der Waals surface area contributed by atoms with Crippen LogP contribution in [0.15, 0.2) is 54.6 Å². The third-order valence-electron chi connectivity index (χ3n) is 9.50. The Bertz CT molecular complexity index is 1740. The van der Waals surface area contributed by atoms with Gasteiger partial charge in [-0.15, -0.1) is 0 Å². The zero-order chi connectivity index (χ0) is 29.2. The van der Waals surface area contributed by atoms with Crippen molar-refractivity contribution in [1.82, 2.24) is 14.5 Å². The van der Waals surface area contributed by atoms with Crippen molar-refractivity contribution in [3.63, 3.8) is 0 Å². The number of carbonyl (C=O) groups excluding carboxylic acids is 1. The van der Waals surface area contributed by atoms with Crippen molar-refractivity contribution in [3.05, 3.63) is 88.0 Å². The molecule has 0 aliphatic carbocycles. The van der Waals surface area contributed by atoms with Crippen molar-refractivity contribution in [2.75, 3.05) is 26.9 Å². The molecule has 222 valence electrons. The standard InChI is InChI=1S/C33H31ClFN3O5/c1-40-33(39)19-5-8-24-25(14-19)38-30(36-24)16-37-11-9-18(13-26(37)31(38)27-10-12-41-27)21-3-2-4-28-32(21)43-29(17-42-28)22-7-6-20(34)15-23(22)35/h2-8,14-15,18,26-27,29,31H,9-13,16-17H2,1H3/t18?,26-,27+,29-,31?/m1/s1. The van der Waals surface area contributed by atoms with Crippen LogP contribution in [0.1, 0.15) is 64.6 Å². The van der Waals surface area contributed by atoms with Gasteiger partial charge in [0.1, 0.15) is 18.2 Å². The van der Waals surface area contributed by atoms with Gasteiger partial charge in [-0.2, -0.15) is 0 Å². The maximum Gasteiger partial charge on any atom is 0.337 e. The molecular weight excluding hydrogens is 573 g/mol. The molecule has 0 radical (unpaired) electrons. The summed E-state index contributed by atoms with van der Waals surface area (Å²) in [5, 5.41) is 0.346. The van der Waals surface area contributed by atoms with Crippen LogP contribution in [0, 0.1) is 5.82 Å². The molecule has 5 atom stereocenters. The molecule has 4 aromatic rings. The lowest BCUT2D eigenvalue weighted by Crippen LogP contribution is -2.55. The van der Waals surface area contributed by atoms with E-state index < -0.39 is 11.9 Å². The predicted octanol–water partition coefficient (Wildman–Crippen LogP) is 6.22. The first-order valence-electron chi connectivity index (χ1n) is 14.8. The van der Waals surface area contributed by atoms with Crippen LogP contribution in [0.4, 0.5) is 4.39 Å². The number of imidazole rings is 1. The monoisotopic (exact) mass is 603 g/mol. The number of esters is 1. The molecule has 10 heteroatoms. The summed E-state index contributed by atoms with van der Waals surface area (Å²) in [7, 11) is 1.40. The molecule has 8 nitrogen and oxygen atoms in total. The minimum atomic E-state index is -0.569. The Balaban J connectivity index is 1.14. The number of fused-ring (bicyclic) bond motifs is 5. The first-order chi connectivity index (χ1) is 21.0. The van der Waals surface area contributed by atoms with E-state index in [9.17, 15) is 9.18 Å². The molecule has 2 unspecified atom stereocenters. The Morgan fingerprint density at radius 3 is 2.79 bits per heavy atom. The quantitative estimate of drug-likeness (QED) is 0.256. The number of ether oxygens (including phenoxy) is 4. The number of hydrogen-bond acceptors (Lipinski definition) is 7. The van der Waals surface area contributed by atoms with Crippen LogP contribution in [0.5, 0.6) is 11.5 Å². The van der Waals surface area contributed by atoms with Crippen molar-refractivity contribution >= 4 is 28.6 Å². The average molecular weight is 604 g/mol. The Labute approximate surface area is 253 Å². The predicted molar refractivity (Wildman–Crippen MR) is 157 cm³/mol. The summed E-state index contributed by atoms with van der Waals surface area (Å²) >= 11 is 6.00. The summed E-state index contributed by atoms with van der Waals surface area (Å²) in [6.45, 7) is 2.59. The summed E-state index contributed by atoms with van der Waals surface area (Å²) in [4.78, 5) is 19.9. The van der Waals surface area contributed by atoms with Gasteiger partial charge >= 0.3 is 5.97 Å². The summed E-state index contributed by atoms with van der Waals surface area (Å²) in [5.41, 5.74) is 3.82. The largest absolute Gasteiger partial charge is 0.485 e. The van der Waals surface area contributed by atoms with E-state index in [4.69, 9.17) is 35.5 Å². The Hall–Kier alpha value is -3.66. The average Bonchev–Trinajstić information content (AvgIpc) is 3.36. The summed E-state index contributed by atoms with van der Waals surface area (Å²) in [6, 6.07) is 16.5. The van der Waals surface area contributed by atoms with E-state index in [2.05, 4.69) is 15.5 Å². The second-order valence-corrected chi connectivity index (χ2v) is 12.2. The number of nitrogens with zero attached hydrogens (tertiary/aromatic N) is 3. The van der Waals surface area contributed by atoms with E-state index in [1.165, 1.54) is 13.2 Å². The van der Waals surface area contributed by atoms with Gasteiger partial charge in [0.05, 0.1) is 42.4 Å². The normalized spacial score (nSPS) is 26.3. The number of aromatic nitrogens is 2. The molecule has 0 N–H and O–H groups in total. The van der Waals surface area contributed by atoms with Crippen molar-refractivity contribution in [1.29, 1.82) is 0 Å². The summed E-state index contributed by atoms with van der Waals surface area (Å²) in [6.07, 6.45) is 2.30. The summed E-state index contributed by atoms with van der Waals surface area (Å²) in [5.74, 6) is 1.81. The Morgan fingerprint density at radius 2 is 2.00 bits per heavy atom. The smallest absolute Gasteiger partial charge is 0.337 e. The van der Waals surface area contributed by atoms with Gasteiger partial charge in [0.25, 0.3) is 0 Å². The number of benzene rings is 3. The topological polar surface area (TPSA) is 75.0 Å². The number of halogens is 2. The van der Waals surface area contributed by atoms with E-state index in [-0.39, 0.29) is 36.7 Å². The fourth-order valence-electron chi connectivity index (χ4n) is 7.35. The highest BCUT2D eigenvalue weighted by molar-refractivity contribution is 6.30. The van der Waals surface area contributed by atoms with Gasteiger partial charge in [0, 0.05) is 28.8 Å². The first kappa shape index (κ1) is 26.9. The second kappa shape index (κ2) is 10.5. The van der Waals surface area contributed by atoms with E-state index >= 15 is 0 Å². The Kier molecular flexibility index (Phi) is 6.58.